The van der Waals surface area contributed by atoms with E-state index in [2.05, 4.69) is 15.9 Å². The number of anilines is 1. The van der Waals surface area contributed by atoms with Crippen LogP contribution in [0.3, 0.4) is 0 Å². The van der Waals surface area contributed by atoms with E-state index in [0.29, 0.717) is 6.54 Å². The molecule has 0 aromatic heterocycles. The van der Waals surface area contributed by atoms with Crippen molar-refractivity contribution < 1.29 is 14.9 Å². The fraction of sp³-hybridized carbons (Fsp3) is 0.571. The maximum absolute atomic E-state index is 9.45. The molecule has 1 atom stereocenters. The van der Waals surface area contributed by atoms with Crippen molar-refractivity contribution in [2.24, 2.45) is 0 Å². The third-order valence-electron chi connectivity index (χ3n) is 3.48. The molecule has 1 aromatic rings. The summed E-state index contributed by atoms with van der Waals surface area (Å²) in [4.78, 5) is 4.47. The largest absolute Gasteiger partial charge is 0.495 e. The summed E-state index contributed by atoms with van der Waals surface area (Å²) in [6, 6.07) is 8.02. The summed E-state index contributed by atoms with van der Waals surface area (Å²) in [5.41, 5.74) is 1.12. The Bertz CT molecular complexity index is 392. The number of para-hydroxylation sites is 2. The monoisotopic (exact) mass is 266 g/mol. The van der Waals surface area contributed by atoms with E-state index >= 15 is 0 Å². The van der Waals surface area contributed by atoms with Crippen LogP contribution in [0.25, 0.3) is 0 Å². The van der Waals surface area contributed by atoms with Crippen molar-refractivity contribution in [1.82, 2.24) is 4.90 Å². The highest BCUT2D eigenvalue weighted by Crippen LogP contribution is 2.28. The number of benzene rings is 1. The SMILES string of the molecule is COc1ccccc1N1CCN(C[C@H](O)CO)CC1. The minimum absolute atomic E-state index is 0.174. The van der Waals surface area contributed by atoms with Crippen molar-refractivity contribution in [3.05, 3.63) is 24.3 Å². The van der Waals surface area contributed by atoms with Gasteiger partial charge in [-0.1, -0.05) is 12.1 Å². The minimum atomic E-state index is -0.641. The molecule has 106 valence electrons. The van der Waals surface area contributed by atoms with Crippen LogP contribution in [0.1, 0.15) is 0 Å². The second-order valence-electron chi connectivity index (χ2n) is 4.80. The van der Waals surface area contributed by atoms with Crippen LogP contribution in [-0.2, 0) is 0 Å². The van der Waals surface area contributed by atoms with Crippen LogP contribution >= 0.6 is 0 Å². The highest BCUT2D eigenvalue weighted by Gasteiger charge is 2.20. The molecular weight excluding hydrogens is 244 g/mol. The number of ether oxygens (including phenoxy) is 1. The van der Waals surface area contributed by atoms with Gasteiger partial charge in [-0.25, -0.2) is 0 Å². The van der Waals surface area contributed by atoms with Gasteiger partial charge in [0.15, 0.2) is 0 Å². The second-order valence-corrected chi connectivity index (χ2v) is 4.80. The van der Waals surface area contributed by atoms with Crippen LogP contribution in [0.2, 0.25) is 0 Å². The summed E-state index contributed by atoms with van der Waals surface area (Å²) in [5.74, 6) is 0.895. The number of β-amino-alcohol motifs (C(OH)–C–C–N with tert-alkyl or cyclic N) is 1. The molecule has 19 heavy (non-hydrogen) atoms. The minimum Gasteiger partial charge on any atom is -0.495 e. The van der Waals surface area contributed by atoms with Gasteiger partial charge < -0.3 is 19.8 Å². The quantitative estimate of drug-likeness (QED) is 0.796. The zero-order chi connectivity index (χ0) is 13.7. The molecular formula is C14H22N2O3. The van der Waals surface area contributed by atoms with Gasteiger partial charge in [0.25, 0.3) is 0 Å². The van der Waals surface area contributed by atoms with E-state index in [1.165, 1.54) is 0 Å². The summed E-state index contributed by atoms with van der Waals surface area (Å²) in [6.07, 6.45) is -0.641. The highest BCUT2D eigenvalue weighted by molar-refractivity contribution is 5.58. The zero-order valence-corrected chi connectivity index (χ0v) is 11.3. The normalized spacial score (nSPS) is 18.4. The van der Waals surface area contributed by atoms with E-state index in [4.69, 9.17) is 9.84 Å². The number of piperazine rings is 1. The smallest absolute Gasteiger partial charge is 0.142 e. The van der Waals surface area contributed by atoms with Gasteiger partial charge >= 0.3 is 0 Å². The first kappa shape index (κ1) is 14.1. The summed E-state index contributed by atoms with van der Waals surface area (Å²) >= 11 is 0. The maximum atomic E-state index is 9.45. The average Bonchev–Trinajstić information content (AvgIpc) is 2.48. The molecule has 2 N–H and O–H groups in total. The van der Waals surface area contributed by atoms with Crippen LogP contribution < -0.4 is 9.64 Å². The van der Waals surface area contributed by atoms with Crippen LogP contribution in [0, 0.1) is 0 Å². The van der Waals surface area contributed by atoms with Gasteiger partial charge in [-0.3, -0.25) is 4.90 Å². The number of rotatable bonds is 5. The predicted molar refractivity (Wildman–Crippen MR) is 74.7 cm³/mol. The van der Waals surface area contributed by atoms with Crippen molar-refractivity contribution in [1.29, 1.82) is 0 Å². The summed E-state index contributed by atoms with van der Waals surface area (Å²) in [6.45, 7) is 3.93. The number of methoxy groups -OCH3 is 1. The third-order valence-corrected chi connectivity index (χ3v) is 3.48. The summed E-state index contributed by atoms with van der Waals surface area (Å²) in [5, 5.41) is 18.3. The lowest BCUT2D eigenvalue weighted by atomic mass is 10.2. The molecule has 5 heteroatoms. The number of nitrogens with zero attached hydrogens (tertiary/aromatic N) is 2. The summed E-state index contributed by atoms with van der Waals surface area (Å²) in [7, 11) is 1.69. The Kier molecular flexibility index (Phi) is 5.01. The van der Waals surface area contributed by atoms with Crippen LogP contribution in [-0.4, -0.2) is 67.7 Å². The molecule has 0 spiro atoms. The maximum Gasteiger partial charge on any atom is 0.142 e. The molecule has 0 radical (unpaired) electrons. The molecule has 0 unspecified atom stereocenters. The van der Waals surface area contributed by atoms with Crippen molar-refractivity contribution in [2.75, 3.05) is 51.3 Å². The van der Waals surface area contributed by atoms with E-state index in [1.807, 2.05) is 18.2 Å². The van der Waals surface area contributed by atoms with Gasteiger partial charge in [0.05, 0.1) is 25.5 Å². The molecule has 0 aliphatic carbocycles. The number of aliphatic hydroxyl groups is 2. The van der Waals surface area contributed by atoms with Crippen LogP contribution in [0.5, 0.6) is 5.75 Å². The molecule has 0 amide bonds. The van der Waals surface area contributed by atoms with Crippen LogP contribution in [0.15, 0.2) is 24.3 Å². The van der Waals surface area contributed by atoms with Crippen molar-refractivity contribution in [2.45, 2.75) is 6.10 Å². The molecule has 2 rings (SSSR count). The number of hydrogen-bond donors (Lipinski definition) is 2. The molecule has 0 bridgehead atoms. The Balaban J connectivity index is 1.92. The number of aliphatic hydroxyl groups excluding tert-OH is 2. The Morgan fingerprint density at radius 2 is 1.89 bits per heavy atom. The lowest BCUT2D eigenvalue weighted by Gasteiger charge is -2.37. The Labute approximate surface area is 114 Å². The molecule has 0 saturated carbocycles. The highest BCUT2D eigenvalue weighted by atomic mass is 16.5. The lowest BCUT2D eigenvalue weighted by molar-refractivity contribution is 0.0574. The molecule has 1 aromatic carbocycles. The van der Waals surface area contributed by atoms with Gasteiger partial charge in [-0.2, -0.15) is 0 Å². The summed E-state index contributed by atoms with van der Waals surface area (Å²) < 4.78 is 5.38. The Morgan fingerprint density at radius 3 is 2.53 bits per heavy atom. The first-order valence-electron chi connectivity index (χ1n) is 6.64. The van der Waals surface area contributed by atoms with E-state index in [-0.39, 0.29) is 6.61 Å². The average molecular weight is 266 g/mol. The van der Waals surface area contributed by atoms with E-state index < -0.39 is 6.10 Å². The van der Waals surface area contributed by atoms with Crippen molar-refractivity contribution >= 4 is 5.69 Å². The zero-order valence-electron chi connectivity index (χ0n) is 11.3. The van der Waals surface area contributed by atoms with Gasteiger partial charge in [0, 0.05) is 32.7 Å². The first-order valence-corrected chi connectivity index (χ1v) is 6.64. The number of hydrogen-bond acceptors (Lipinski definition) is 5. The Morgan fingerprint density at radius 1 is 1.21 bits per heavy atom. The van der Waals surface area contributed by atoms with Gasteiger partial charge in [-0.05, 0) is 12.1 Å². The third kappa shape index (κ3) is 3.59. The molecule has 1 aliphatic rings. The van der Waals surface area contributed by atoms with Gasteiger partial charge in [0.2, 0.25) is 0 Å². The molecule has 1 aliphatic heterocycles. The first-order chi connectivity index (χ1) is 9.24. The molecule has 1 heterocycles. The van der Waals surface area contributed by atoms with E-state index in [1.54, 1.807) is 7.11 Å². The van der Waals surface area contributed by atoms with Crippen molar-refractivity contribution in [3.8, 4) is 5.75 Å². The molecule has 1 fully saturated rings. The second kappa shape index (κ2) is 6.75. The van der Waals surface area contributed by atoms with Crippen LogP contribution in [0.4, 0.5) is 5.69 Å². The van der Waals surface area contributed by atoms with Gasteiger partial charge in [-0.15, -0.1) is 0 Å². The lowest BCUT2D eigenvalue weighted by Crippen LogP contribution is -2.49. The standard InChI is InChI=1S/C14H22N2O3/c1-19-14-5-3-2-4-13(14)16-8-6-15(7-9-16)10-12(18)11-17/h2-5,12,17-18H,6-11H2,1H3/t12-/m0/s1. The van der Waals surface area contributed by atoms with Crippen molar-refractivity contribution in [3.63, 3.8) is 0 Å². The fourth-order valence-electron chi connectivity index (χ4n) is 2.42. The molecule has 1 saturated heterocycles. The van der Waals surface area contributed by atoms with E-state index in [9.17, 15) is 5.11 Å². The van der Waals surface area contributed by atoms with Gasteiger partial charge in [0.1, 0.15) is 5.75 Å². The fourth-order valence-corrected chi connectivity index (χ4v) is 2.42. The predicted octanol–water partition coefficient (Wildman–Crippen LogP) is 0.170. The van der Waals surface area contributed by atoms with E-state index in [0.717, 1.165) is 37.6 Å². The topological polar surface area (TPSA) is 56.2 Å². The molecule has 5 nitrogen and oxygen atoms in total. The Hall–Kier alpha value is -1.30.